The average Bonchev–Trinajstić information content (AvgIpc) is 2.53. The first-order chi connectivity index (χ1) is 7.90. The van der Waals surface area contributed by atoms with Crippen LogP contribution in [0.5, 0.6) is 0 Å². The van der Waals surface area contributed by atoms with Crippen LogP contribution in [-0.2, 0) is 16.1 Å². The van der Waals surface area contributed by atoms with Crippen molar-refractivity contribution < 1.29 is 14.7 Å². The molecule has 0 aliphatic rings. The molecule has 6 heteroatoms. The first-order valence-corrected chi connectivity index (χ1v) is 5.37. The van der Waals surface area contributed by atoms with Crippen molar-refractivity contribution >= 4 is 11.9 Å². The lowest BCUT2D eigenvalue weighted by atomic mass is 10.4. The summed E-state index contributed by atoms with van der Waals surface area (Å²) in [7, 11) is 1.59. The lowest BCUT2D eigenvalue weighted by Crippen LogP contribution is -2.32. The van der Waals surface area contributed by atoms with E-state index in [9.17, 15) is 9.59 Å². The highest BCUT2D eigenvalue weighted by Crippen LogP contribution is 2.02. The highest BCUT2D eigenvalue weighted by Gasteiger charge is 2.12. The van der Waals surface area contributed by atoms with Gasteiger partial charge in [-0.25, -0.2) is 0 Å². The molecule has 0 aliphatic heterocycles. The zero-order chi connectivity index (χ0) is 13.0. The summed E-state index contributed by atoms with van der Waals surface area (Å²) in [6.45, 7) is 4.11. The van der Waals surface area contributed by atoms with Crippen molar-refractivity contribution in [3.8, 4) is 0 Å². The Labute approximate surface area is 99.8 Å². The number of carboxylic acid groups (broad SMARTS) is 1. The molecule has 0 saturated heterocycles. The van der Waals surface area contributed by atoms with E-state index < -0.39 is 5.97 Å². The van der Waals surface area contributed by atoms with Gasteiger partial charge in [0.1, 0.15) is 6.54 Å². The van der Waals surface area contributed by atoms with Gasteiger partial charge in [-0.1, -0.05) is 0 Å². The number of hydrogen-bond donors (Lipinski definition) is 1. The maximum Gasteiger partial charge on any atom is 0.305 e. The molecule has 17 heavy (non-hydrogen) atoms. The van der Waals surface area contributed by atoms with Gasteiger partial charge in [0.15, 0.2) is 0 Å². The van der Waals surface area contributed by atoms with Gasteiger partial charge in [0.2, 0.25) is 5.91 Å². The molecule has 0 fully saturated rings. The smallest absolute Gasteiger partial charge is 0.305 e. The molecule has 0 radical (unpaired) electrons. The van der Waals surface area contributed by atoms with Gasteiger partial charge in [-0.15, -0.1) is 0 Å². The Hall–Kier alpha value is -1.85. The van der Waals surface area contributed by atoms with E-state index in [1.54, 1.807) is 11.7 Å². The fourth-order valence-corrected chi connectivity index (χ4v) is 1.47. The van der Waals surface area contributed by atoms with Crippen molar-refractivity contribution in [3.05, 3.63) is 17.5 Å². The van der Waals surface area contributed by atoms with Gasteiger partial charge >= 0.3 is 5.97 Å². The van der Waals surface area contributed by atoms with Crippen LogP contribution in [0.3, 0.4) is 0 Å². The second-order valence-corrected chi connectivity index (χ2v) is 4.04. The van der Waals surface area contributed by atoms with Crippen LogP contribution >= 0.6 is 0 Å². The van der Waals surface area contributed by atoms with Gasteiger partial charge in [-0.05, 0) is 19.9 Å². The molecular weight excluding hydrogens is 222 g/mol. The quantitative estimate of drug-likeness (QED) is 0.808. The van der Waals surface area contributed by atoms with Gasteiger partial charge in [0.05, 0.1) is 12.1 Å². The molecule has 1 heterocycles. The summed E-state index contributed by atoms with van der Waals surface area (Å²) in [5, 5.41) is 12.7. The number of aryl methyl sites for hydroxylation is 2. The fraction of sp³-hybridized carbons (Fsp3) is 0.545. The van der Waals surface area contributed by atoms with Crippen LogP contribution in [-0.4, -0.2) is 45.3 Å². The Balaban J connectivity index is 2.54. The van der Waals surface area contributed by atoms with Crippen LogP contribution in [0.15, 0.2) is 6.07 Å². The third kappa shape index (κ3) is 3.90. The maximum atomic E-state index is 11.8. The van der Waals surface area contributed by atoms with E-state index in [0.717, 1.165) is 11.4 Å². The summed E-state index contributed by atoms with van der Waals surface area (Å²) < 4.78 is 1.62. The molecule has 0 saturated carbocycles. The summed E-state index contributed by atoms with van der Waals surface area (Å²) in [5.41, 5.74) is 1.78. The minimum Gasteiger partial charge on any atom is -0.481 e. The summed E-state index contributed by atoms with van der Waals surface area (Å²) in [6, 6.07) is 1.89. The van der Waals surface area contributed by atoms with E-state index in [2.05, 4.69) is 5.10 Å². The van der Waals surface area contributed by atoms with E-state index in [-0.39, 0.29) is 25.4 Å². The normalized spacial score (nSPS) is 10.3. The first-order valence-electron chi connectivity index (χ1n) is 5.37. The van der Waals surface area contributed by atoms with Gasteiger partial charge in [0, 0.05) is 19.3 Å². The van der Waals surface area contributed by atoms with Crippen molar-refractivity contribution in [2.45, 2.75) is 26.8 Å². The van der Waals surface area contributed by atoms with Crippen molar-refractivity contribution in [2.24, 2.45) is 0 Å². The monoisotopic (exact) mass is 239 g/mol. The number of carboxylic acids is 1. The highest BCUT2D eigenvalue weighted by atomic mass is 16.4. The van der Waals surface area contributed by atoms with Gasteiger partial charge < -0.3 is 10.0 Å². The van der Waals surface area contributed by atoms with Crippen LogP contribution in [0.4, 0.5) is 0 Å². The third-order valence-electron chi connectivity index (χ3n) is 2.48. The van der Waals surface area contributed by atoms with Crippen molar-refractivity contribution in [1.29, 1.82) is 0 Å². The Bertz CT molecular complexity index is 426. The van der Waals surface area contributed by atoms with E-state index in [1.807, 2.05) is 19.9 Å². The molecule has 1 N–H and O–H groups in total. The molecule has 0 spiro atoms. The molecule has 0 aliphatic carbocycles. The SMILES string of the molecule is Cc1cc(C)n(CC(=O)N(C)CCC(=O)O)n1. The molecule has 6 nitrogen and oxygen atoms in total. The average molecular weight is 239 g/mol. The predicted octanol–water partition coefficient (Wildman–Crippen LogP) is 0.433. The highest BCUT2D eigenvalue weighted by molar-refractivity contribution is 5.76. The Morgan fingerprint density at radius 3 is 2.59 bits per heavy atom. The molecule has 1 aromatic rings. The third-order valence-corrected chi connectivity index (χ3v) is 2.48. The second-order valence-electron chi connectivity index (χ2n) is 4.04. The molecule has 0 bridgehead atoms. The second kappa shape index (κ2) is 5.47. The maximum absolute atomic E-state index is 11.8. The van der Waals surface area contributed by atoms with Crippen molar-refractivity contribution in [3.63, 3.8) is 0 Å². The minimum atomic E-state index is -0.907. The van der Waals surface area contributed by atoms with Gasteiger partial charge in [0.25, 0.3) is 0 Å². The minimum absolute atomic E-state index is 0.0423. The summed E-state index contributed by atoms with van der Waals surface area (Å²) in [5.74, 6) is -1.05. The summed E-state index contributed by atoms with van der Waals surface area (Å²) in [6.07, 6.45) is -0.0423. The lowest BCUT2D eigenvalue weighted by molar-refractivity contribution is -0.138. The van der Waals surface area contributed by atoms with E-state index in [0.29, 0.717) is 0 Å². The van der Waals surface area contributed by atoms with Gasteiger partial charge in [-0.2, -0.15) is 5.10 Å². The zero-order valence-electron chi connectivity index (χ0n) is 10.3. The number of rotatable bonds is 5. The van der Waals surface area contributed by atoms with E-state index >= 15 is 0 Å². The first kappa shape index (κ1) is 13.2. The predicted molar refractivity (Wildman–Crippen MR) is 61.6 cm³/mol. The molecule has 0 aromatic carbocycles. The molecule has 1 rings (SSSR count). The number of carbonyl (C=O) groups excluding carboxylic acids is 1. The molecular formula is C11H17N3O3. The lowest BCUT2D eigenvalue weighted by Gasteiger charge is -2.16. The molecule has 1 aromatic heterocycles. The van der Waals surface area contributed by atoms with E-state index in [1.165, 1.54) is 4.90 Å². The van der Waals surface area contributed by atoms with Crippen molar-refractivity contribution in [2.75, 3.05) is 13.6 Å². The topological polar surface area (TPSA) is 75.4 Å². The Morgan fingerprint density at radius 2 is 2.12 bits per heavy atom. The molecule has 1 amide bonds. The van der Waals surface area contributed by atoms with Crippen molar-refractivity contribution in [1.82, 2.24) is 14.7 Å². The van der Waals surface area contributed by atoms with Crippen LogP contribution in [0.2, 0.25) is 0 Å². The molecule has 0 atom stereocenters. The fourth-order valence-electron chi connectivity index (χ4n) is 1.47. The standard InChI is InChI=1S/C11H17N3O3/c1-8-6-9(2)14(12-8)7-10(15)13(3)5-4-11(16)17/h6H,4-5,7H2,1-3H3,(H,16,17). The summed E-state index contributed by atoms with van der Waals surface area (Å²) >= 11 is 0. The number of aromatic nitrogens is 2. The number of hydrogen-bond acceptors (Lipinski definition) is 3. The van der Waals surface area contributed by atoms with Gasteiger partial charge in [-0.3, -0.25) is 14.3 Å². The van der Waals surface area contributed by atoms with Crippen LogP contribution in [0.25, 0.3) is 0 Å². The van der Waals surface area contributed by atoms with E-state index in [4.69, 9.17) is 5.11 Å². The summed E-state index contributed by atoms with van der Waals surface area (Å²) in [4.78, 5) is 23.6. The number of likely N-dealkylation sites (N-methyl/N-ethyl adjacent to an activating group) is 1. The largest absolute Gasteiger partial charge is 0.481 e. The number of aliphatic carboxylic acids is 1. The van der Waals surface area contributed by atoms with Crippen LogP contribution < -0.4 is 0 Å². The zero-order valence-corrected chi connectivity index (χ0v) is 10.3. The number of amides is 1. The van der Waals surface area contributed by atoms with Crippen LogP contribution in [0.1, 0.15) is 17.8 Å². The molecule has 94 valence electrons. The Kier molecular flexibility index (Phi) is 4.25. The Morgan fingerprint density at radius 1 is 1.47 bits per heavy atom. The number of carbonyl (C=O) groups is 2. The van der Waals surface area contributed by atoms with Crippen LogP contribution in [0, 0.1) is 13.8 Å². The number of nitrogens with zero attached hydrogens (tertiary/aromatic N) is 3. The molecule has 0 unspecified atom stereocenters.